The standard InChI is InChI=1S/C26H35N5O3/c1-26(2,3)29-23(32)19-30-14-16-31(17-15-30)25(27-13-12-20-8-5-4-6-9-20)28-22-11-7-10-21(18-22)24(33)34/h4-11,18H,12-17,19H2,1-3H3,(H,27,28)(H,29,32)(H,33,34). The number of guanidine groups is 1. The molecule has 0 saturated carbocycles. The molecule has 1 heterocycles. The maximum absolute atomic E-state index is 12.3. The third-order valence-corrected chi connectivity index (χ3v) is 5.42. The fourth-order valence-electron chi connectivity index (χ4n) is 3.79. The molecule has 182 valence electrons. The Bertz CT molecular complexity index is 993. The van der Waals surface area contributed by atoms with E-state index in [2.05, 4.69) is 32.6 Å². The molecule has 0 radical (unpaired) electrons. The third-order valence-electron chi connectivity index (χ3n) is 5.42. The van der Waals surface area contributed by atoms with E-state index in [0.717, 1.165) is 38.6 Å². The summed E-state index contributed by atoms with van der Waals surface area (Å²) in [5.41, 5.74) is 1.88. The molecule has 1 aliphatic heterocycles. The summed E-state index contributed by atoms with van der Waals surface area (Å²) in [6.07, 6.45) is 0.814. The second kappa shape index (κ2) is 11.7. The van der Waals surface area contributed by atoms with Gasteiger partial charge in [0, 0.05) is 44.0 Å². The summed E-state index contributed by atoms with van der Waals surface area (Å²) in [7, 11) is 0. The van der Waals surface area contributed by atoms with Crippen LogP contribution in [0.3, 0.4) is 0 Å². The Morgan fingerprint density at radius 3 is 2.35 bits per heavy atom. The Morgan fingerprint density at radius 1 is 1.00 bits per heavy atom. The van der Waals surface area contributed by atoms with E-state index in [0.29, 0.717) is 18.8 Å². The van der Waals surface area contributed by atoms with Crippen molar-refractivity contribution in [2.75, 3.05) is 44.6 Å². The van der Waals surface area contributed by atoms with E-state index in [1.54, 1.807) is 18.2 Å². The van der Waals surface area contributed by atoms with Crippen LogP contribution in [0.4, 0.5) is 5.69 Å². The van der Waals surface area contributed by atoms with Crippen molar-refractivity contribution in [2.24, 2.45) is 4.99 Å². The Labute approximate surface area is 201 Å². The highest BCUT2D eigenvalue weighted by Gasteiger charge is 2.23. The molecule has 0 aromatic heterocycles. The van der Waals surface area contributed by atoms with E-state index >= 15 is 0 Å². The lowest BCUT2D eigenvalue weighted by atomic mass is 10.1. The largest absolute Gasteiger partial charge is 0.478 e. The number of aliphatic imine (C=N–C) groups is 1. The zero-order valence-corrected chi connectivity index (χ0v) is 20.3. The second-order valence-corrected chi connectivity index (χ2v) is 9.51. The van der Waals surface area contributed by atoms with Crippen LogP contribution in [0.25, 0.3) is 0 Å². The molecule has 8 nitrogen and oxygen atoms in total. The molecule has 3 N–H and O–H groups in total. The van der Waals surface area contributed by atoms with Crippen LogP contribution in [0.15, 0.2) is 59.6 Å². The summed E-state index contributed by atoms with van der Waals surface area (Å²) < 4.78 is 0. The zero-order valence-electron chi connectivity index (χ0n) is 20.3. The van der Waals surface area contributed by atoms with Crippen LogP contribution < -0.4 is 10.6 Å². The van der Waals surface area contributed by atoms with Crippen LogP contribution in [0.5, 0.6) is 0 Å². The normalized spacial score (nSPS) is 15.1. The fraction of sp³-hybridized carbons (Fsp3) is 0.423. The summed E-state index contributed by atoms with van der Waals surface area (Å²) in [4.78, 5) is 32.8. The van der Waals surface area contributed by atoms with Crippen molar-refractivity contribution < 1.29 is 14.7 Å². The number of rotatable bonds is 7. The topological polar surface area (TPSA) is 97.3 Å². The van der Waals surface area contributed by atoms with E-state index in [4.69, 9.17) is 4.99 Å². The number of carboxylic acids is 1. The van der Waals surface area contributed by atoms with E-state index < -0.39 is 5.97 Å². The third kappa shape index (κ3) is 8.19. The molecule has 0 aliphatic carbocycles. The molecule has 1 amide bonds. The highest BCUT2D eigenvalue weighted by Crippen LogP contribution is 2.13. The molecule has 0 atom stereocenters. The van der Waals surface area contributed by atoms with Gasteiger partial charge in [0.15, 0.2) is 5.96 Å². The number of piperazine rings is 1. The van der Waals surface area contributed by atoms with Gasteiger partial charge in [0.05, 0.1) is 12.1 Å². The summed E-state index contributed by atoms with van der Waals surface area (Å²) in [6, 6.07) is 16.9. The summed E-state index contributed by atoms with van der Waals surface area (Å²) in [6.45, 7) is 9.85. The van der Waals surface area contributed by atoms with Gasteiger partial charge in [-0.15, -0.1) is 0 Å². The van der Waals surface area contributed by atoms with Gasteiger partial charge >= 0.3 is 5.97 Å². The van der Waals surface area contributed by atoms with E-state index in [1.165, 1.54) is 5.56 Å². The molecule has 0 spiro atoms. The SMILES string of the molecule is CC(C)(C)NC(=O)CN1CCN(C(=NCCc2ccccc2)Nc2cccc(C(=O)O)c2)CC1. The Hall–Kier alpha value is -3.39. The van der Waals surface area contributed by atoms with Crippen molar-refractivity contribution in [3.8, 4) is 0 Å². The van der Waals surface area contributed by atoms with Gasteiger partial charge in [0.2, 0.25) is 5.91 Å². The number of carboxylic acid groups (broad SMARTS) is 1. The number of nitrogens with one attached hydrogen (secondary N) is 2. The predicted octanol–water partition coefficient (Wildman–Crippen LogP) is 2.93. The van der Waals surface area contributed by atoms with E-state index in [-0.39, 0.29) is 17.0 Å². The van der Waals surface area contributed by atoms with Crippen LogP contribution in [-0.2, 0) is 11.2 Å². The molecule has 3 rings (SSSR count). The first-order chi connectivity index (χ1) is 16.2. The molecule has 34 heavy (non-hydrogen) atoms. The van der Waals surface area contributed by atoms with Gasteiger partial charge < -0.3 is 20.6 Å². The Balaban J connectivity index is 1.66. The molecule has 2 aromatic carbocycles. The van der Waals surface area contributed by atoms with Crippen molar-refractivity contribution in [1.82, 2.24) is 15.1 Å². The maximum Gasteiger partial charge on any atom is 0.335 e. The zero-order chi connectivity index (χ0) is 24.6. The second-order valence-electron chi connectivity index (χ2n) is 9.51. The van der Waals surface area contributed by atoms with Crippen molar-refractivity contribution >= 4 is 23.5 Å². The van der Waals surface area contributed by atoms with Gasteiger partial charge in [0.25, 0.3) is 0 Å². The van der Waals surface area contributed by atoms with Crippen LogP contribution in [0.2, 0.25) is 0 Å². The average Bonchev–Trinajstić information content (AvgIpc) is 2.78. The quantitative estimate of drug-likeness (QED) is 0.430. The van der Waals surface area contributed by atoms with Crippen LogP contribution in [-0.4, -0.2) is 77.5 Å². The summed E-state index contributed by atoms with van der Waals surface area (Å²) in [5.74, 6) is -0.216. The molecule has 1 saturated heterocycles. The number of nitrogens with zero attached hydrogens (tertiary/aromatic N) is 3. The average molecular weight is 466 g/mol. The van der Waals surface area contributed by atoms with Crippen LogP contribution >= 0.6 is 0 Å². The number of anilines is 1. The first kappa shape index (κ1) is 25.2. The maximum atomic E-state index is 12.3. The van der Waals surface area contributed by atoms with E-state index in [9.17, 15) is 14.7 Å². The smallest absolute Gasteiger partial charge is 0.335 e. The first-order valence-electron chi connectivity index (χ1n) is 11.7. The monoisotopic (exact) mass is 465 g/mol. The number of carbonyl (C=O) groups is 2. The minimum Gasteiger partial charge on any atom is -0.478 e. The van der Waals surface area contributed by atoms with Crippen molar-refractivity contribution in [3.05, 3.63) is 65.7 Å². The molecular weight excluding hydrogens is 430 g/mol. The fourth-order valence-corrected chi connectivity index (χ4v) is 3.79. The lowest BCUT2D eigenvalue weighted by molar-refractivity contribution is -0.123. The summed E-state index contributed by atoms with van der Waals surface area (Å²) in [5, 5.41) is 15.7. The Morgan fingerprint density at radius 2 is 1.71 bits per heavy atom. The highest BCUT2D eigenvalue weighted by molar-refractivity contribution is 5.96. The molecule has 1 aliphatic rings. The summed E-state index contributed by atoms with van der Waals surface area (Å²) >= 11 is 0. The minimum atomic E-state index is -0.964. The van der Waals surface area contributed by atoms with Crippen LogP contribution in [0, 0.1) is 0 Å². The number of benzene rings is 2. The van der Waals surface area contributed by atoms with Gasteiger partial charge in [-0.2, -0.15) is 0 Å². The molecule has 2 aromatic rings. The number of carbonyl (C=O) groups excluding carboxylic acids is 1. The molecule has 0 unspecified atom stereocenters. The Kier molecular flexibility index (Phi) is 8.65. The van der Waals surface area contributed by atoms with E-state index in [1.807, 2.05) is 45.0 Å². The number of hydrogen-bond donors (Lipinski definition) is 3. The number of hydrogen-bond acceptors (Lipinski definition) is 4. The van der Waals surface area contributed by atoms with Crippen molar-refractivity contribution in [2.45, 2.75) is 32.7 Å². The van der Waals surface area contributed by atoms with Gasteiger partial charge in [-0.25, -0.2) is 4.79 Å². The molecule has 0 bridgehead atoms. The number of amides is 1. The minimum absolute atomic E-state index is 0.0290. The highest BCUT2D eigenvalue weighted by atomic mass is 16.4. The molecule has 8 heteroatoms. The number of aromatic carboxylic acids is 1. The lowest BCUT2D eigenvalue weighted by Crippen LogP contribution is -2.54. The molecular formula is C26H35N5O3. The first-order valence-corrected chi connectivity index (χ1v) is 11.7. The lowest BCUT2D eigenvalue weighted by Gasteiger charge is -2.36. The van der Waals surface area contributed by atoms with Gasteiger partial charge in [-0.1, -0.05) is 36.4 Å². The van der Waals surface area contributed by atoms with Crippen molar-refractivity contribution in [3.63, 3.8) is 0 Å². The predicted molar refractivity (Wildman–Crippen MR) is 135 cm³/mol. The van der Waals surface area contributed by atoms with Crippen LogP contribution in [0.1, 0.15) is 36.7 Å². The van der Waals surface area contributed by atoms with Gasteiger partial charge in [-0.05, 0) is 51.0 Å². The van der Waals surface area contributed by atoms with Gasteiger partial charge in [0.1, 0.15) is 0 Å². The van der Waals surface area contributed by atoms with Crippen molar-refractivity contribution in [1.29, 1.82) is 0 Å². The molecule has 1 fully saturated rings. The van der Waals surface area contributed by atoms with Gasteiger partial charge in [-0.3, -0.25) is 14.7 Å².